The molecule has 1 aromatic heterocycles. The predicted molar refractivity (Wildman–Crippen MR) is 67.4 cm³/mol. The molecule has 0 aliphatic heterocycles. The fourth-order valence-electron chi connectivity index (χ4n) is 1.64. The maximum absolute atomic E-state index is 11.9. The quantitative estimate of drug-likeness (QED) is 0.850. The van der Waals surface area contributed by atoms with Crippen molar-refractivity contribution in [2.75, 3.05) is 12.8 Å². The second kappa shape index (κ2) is 5.10. The summed E-state index contributed by atoms with van der Waals surface area (Å²) in [6.45, 7) is 6.04. The zero-order valence-corrected chi connectivity index (χ0v) is 11.5. The maximum Gasteiger partial charge on any atom is 0.154 e. The minimum atomic E-state index is -3.19. The number of rotatable bonds is 5. The molecule has 0 aromatic carbocycles. The molecule has 1 N–H and O–H groups in total. The molecular weight excluding hydrogens is 238 g/mol. The van der Waals surface area contributed by atoms with Gasteiger partial charge in [-0.05, 0) is 20.4 Å². The van der Waals surface area contributed by atoms with Crippen molar-refractivity contribution in [1.82, 2.24) is 15.3 Å². The molecule has 0 bridgehead atoms. The summed E-state index contributed by atoms with van der Waals surface area (Å²) in [5, 5.41) is 3.19. The monoisotopic (exact) mass is 257 g/mol. The molecular formula is C11H19N3O2S. The van der Waals surface area contributed by atoms with Gasteiger partial charge in [0.05, 0.1) is 10.8 Å². The summed E-state index contributed by atoms with van der Waals surface area (Å²) in [5.41, 5.74) is 0.782. The first-order valence-electron chi connectivity index (χ1n) is 5.48. The van der Waals surface area contributed by atoms with E-state index in [0.29, 0.717) is 6.54 Å². The third kappa shape index (κ3) is 3.01. The van der Waals surface area contributed by atoms with Crippen molar-refractivity contribution in [3.8, 4) is 0 Å². The van der Waals surface area contributed by atoms with Gasteiger partial charge in [0.1, 0.15) is 6.33 Å². The summed E-state index contributed by atoms with van der Waals surface area (Å²) in [5.74, 6) is 0. The van der Waals surface area contributed by atoms with Crippen molar-refractivity contribution in [2.45, 2.75) is 31.6 Å². The van der Waals surface area contributed by atoms with Crippen molar-refractivity contribution in [2.24, 2.45) is 0 Å². The lowest BCUT2D eigenvalue weighted by molar-refractivity contribution is 0.426. The summed E-state index contributed by atoms with van der Waals surface area (Å²) in [6, 6.07) is -0.316. The van der Waals surface area contributed by atoms with Crippen molar-refractivity contribution < 1.29 is 8.42 Å². The van der Waals surface area contributed by atoms with E-state index in [1.54, 1.807) is 26.2 Å². The van der Waals surface area contributed by atoms with E-state index in [2.05, 4.69) is 15.3 Å². The van der Waals surface area contributed by atoms with Gasteiger partial charge in [0, 0.05) is 24.2 Å². The van der Waals surface area contributed by atoms with Crippen LogP contribution in [0.2, 0.25) is 0 Å². The number of sulfone groups is 1. The Bertz CT molecular complexity index is 457. The first-order chi connectivity index (χ1) is 7.80. The van der Waals surface area contributed by atoms with Gasteiger partial charge in [-0.25, -0.2) is 18.4 Å². The first kappa shape index (κ1) is 14.1. The lowest BCUT2D eigenvalue weighted by atomic mass is 9.97. The van der Waals surface area contributed by atoms with Crippen molar-refractivity contribution in [1.29, 1.82) is 0 Å². The number of hydrogen-bond acceptors (Lipinski definition) is 5. The van der Waals surface area contributed by atoms with E-state index >= 15 is 0 Å². The van der Waals surface area contributed by atoms with Gasteiger partial charge in [-0.3, -0.25) is 0 Å². The van der Waals surface area contributed by atoms with Crippen LogP contribution in [0, 0.1) is 0 Å². The molecule has 5 nitrogen and oxygen atoms in total. The van der Waals surface area contributed by atoms with E-state index in [9.17, 15) is 8.42 Å². The molecule has 17 heavy (non-hydrogen) atoms. The molecule has 0 amide bonds. The average molecular weight is 257 g/mol. The Morgan fingerprint density at radius 3 is 2.29 bits per heavy atom. The second-order valence-electron chi connectivity index (χ2n) is 4.54. The van der Waals surface area contributed by atoms with Crippen LogP contribution in [0.4, 0.5) is 0 Å². The minimum absolute atomic E-state index is 0.316. The van der Waals surface area contributed by atoms with Crippen LogP contribution in [0.1, 0.15) is 32.4 Å². The minimum Gasteiger partial charge on any atom is -0.309 e. The molecule has 0 saturated heterocycles. The highest BCUT2D eigenvalue weighted by Gasteiger charge is 2.39. The summed E-state index contributed by atoms with van der Waals surface area (Å²) >= 11 is 0. The molecule has 1 aromatic rings. The highest BCUT2D eigenvalue weighted by Crippen LogP contribution is 2.31. The van der Waals surface area contributed by atoms with E-state index in [1.165, 1.54) is 12.6 Å². The van der Waals surface area contributed by atoms with Crippen LogP contribution in [0.15, 0.2) is 18.7 Å². The van der Waals surface area contributed by atoms with Crippen LogP contribution in [-0.4, -0.2) is 35.9 Å². The predicted octanol–water partition coefficient (Wildman–Crippen LogP) is 0.950. The summed E-state index contributed by atoms with van der Waals surface area (Å²) in [6.07, 6.45) is 5.97. The molecule has 0 fully saturated rings. The summed E-state index contributed by atoms with van der Waals surface area (Å²) in [4.78, 5) is 7.87. The smallest absolute Gasteiger partial charge is 0.154 e. The molecule has 0 saturated carbocycles. The lowest BCUT2D eigenvalue weighted by Crippen LogP contribution is -2.45. The van der Waals surface area contributed by atoms with Gasteiger partial charge in [-0.2, -0.15) is 0 Å². The van der Waals surface area contributed by atoms with Gasteiger partial charge >= 0.3 is 0 Å². The van der Waals surface area contributed by atoms with E-state index in [4.69, 9.17) is 0 Å². The Morgan fingerprint density at radius 2 is 1.88 bits per heavy atom. The Balaban J connectivity index is 3.19. The summed E-state index contributed by atoms with van der Waals surface area (Å²) in [7, 11) is -3.19. The lowest BCUT2D eigenvalue weighted by Gasteiger charge is -2.33. The molecule has 0 aliphatic carbocycles. The molecule has 1 heterocycles. The van der Waals surface area contributed by atoms with Crippen molar-refractivity contribution >= 4 is 9.84 Å². The summed E-state index contributed by atoms with van der Waals surface area (Å²) < 4.78 is 22.8. The second-order valence-corrected chi connectivity index (χ2v) is 7.13. The van der Waals surface area contributed by atoms with Crippen molar-refractivity contribution in [3.05, 3.63) is 24.3 Å². The molecule has 6 heteroatoms. The Labute approximate surface area is 103 Å². The number of nitrogens with zero attached hydrogens (tertiary/aromatic N) is 2. The molecule has 1 rings (SSSR count). The van der Waals surface area contributed by atoms with E-state index in [-0.39, 0.29) is 6.04 Å². The van der Waals surface area contributed by atoms with Crippen LogP contribution in [0.25, 0.3) is 0 Å². The first-order valence-corrected chi connectivity index (χ1v) is 7.37. The SMILES string of the molecule is CCNC(c1cncnc1)C(C)(C)S(C)(=O)=O. The molecule has 96 valence electrons. The highest BCUT2D eigenvalue weighted by molar-refractivity contribution is 7.92. The largest absolute Gasteiger partial charge is 0.309 e. The fraction of sp³-hybridized carbons (Fsp3) is 0.636. The van der Waals surface area contributed by atoms with Crippen LogP contribution < -0.4 is 5.32 Å². The van der Waals surface area contributed by atoms with Gasteiger partial charge in [-0.15, -0.1) is 0 Å². The van der Waals surface area contributed by atoms with E-state index in [1.807, 2.05) is 6.92 Å². The van der Waals surface area contributed by atoms with Gasteiger partial charge < -0.3 is 5.32 Å². The molecule has 1 unspecified atom stereocenters. The normalized spacial score (nSPS) is 14.6. The van der Waals surface area contributed by atoms with Crippen LogP contribution in [0.3, 0.4) is 0 Å². The van der Waals surface area contributed by atoms with E-state index < -0.39 is 14.6 Å². The van der Waals surface area contributed by atoms with Gasteiger partial charge in [-0.1, -0.05) is 6.92 Å². The zero-order valence-electron chi connectivity index (χ0n) is 10.6. The number of hydrogen-bond donors (Lipinski definition) is 1. The van der Waals surface area contributed by atoms with E-state index in [0.717, 1.165) is 5.56 Å². The van der Waals surface area contributed by atoms with Crippen LogP contribution in [-0.2, 0) is 9.84 Å². The van der Waals surface area contributed by atoms with Gasteiger partial charge in [0.25, 0.3) is 0 Å². The van der Waals surface area contributed by atoms with Gasteiger partial charge in [0.15, 0.2) is 9.84 Å². The topological polar surface area (TPSA) is 72.0 Å². The third-order valence-electron chi connectivity index (χ3n) is 2.97. The molecule has 0 radical (unpaired) electrons. The Kier molecular flexibility index (Phi) is 4.21. The van der Waals surface area contributed by atoms with Crippen LogP contribution >= 0.6 is 0 Å². The Hall–Kier alpha value is -1.01. The highest BCUT2D eigenvalue weighted by atomic mass is 32.2. The Morgan fingerprint density at radius 1 is 1.35 bits per heavy atom. The number of aromatic nitrogens is 2. The van der Waals surface area contributed by atoms with Crippen molar-refractivity contribution in [3.63, 3.8) is 0 Å². The van der Waals surface area contributed by atoms with Gasteiger partial charge in [0.2, 0.25) is 0 Å². The molecule has 0 spiro atoms. The van der Waals surface area contributed by atoms with Crippen LogP contribution in [0.5, 0.6) is 0 Å². The fourth-order valence-corrected chi connectivity index (χ4v) is 2.29. The number of nitrogens with one attached hydrogen (secondary N) is 1. The maximum atomic E-state index is 11.9. The zero-order chi connectivity index (χ0) is 13.1. The molecule has 0 aliphatic rings. The molecule has 1 atom stereocenters. The third-order valence-corrected chi connectivity index (χ3v) is 5.12. The standard InChI is InChI=1S/C11H19N3O2S/c1-5-14-10(9-6-12-8-13-7-9)11(2,3)17(4,15)16/h6-8,10,14H,5H2,1-4H3. The average Bonchev–Trinajstić information content (AvgIpc) is 2.25.